The molecule has 0 fully saturated rings. The van der Waals surface area contributed by atoms with E-state index >= 15 is 0 Å². The highest BCUT2D eigenvalue weighted by atomic mass is 16.4. The zero-order valence-corrected chi connectivity index (χ0v) is 9.05. The largest absolute Gasteiger partial charge is 0.436 e. The molecule has 1 rings (SSSR count). The molecule has 0 spiro atoms. The molecule has 1 aromatic rings. The van der Waals surface area contributed by atoms with Gasteiger partial charge >= 0.3 is 0 Å². The highest BCUT2D eigenvalue weighted by Crippen LogP contribution is 2.09. The van der Waals surface area contributed by atoms with Gasteiger partial charge in [-0.3, -0.25) is 4.79 Å². The van der Waals surface area contributed by atoms with Crippen LogP contribution in [0.3, 0.4) is 0 Å². The Hall–Kier alpha value is -1.32. The number of amides is 1. The maximum atomic E-state index is 11.6. The van der Waals surface area contributed by atoms with Crippen molar-refractivity contribution in [3.63, 3.8) is 0 Å². The van der Waals surface area contributed by atoms with Gasteiger partial charge in [0.1, 0.15) is 0 Å². The zero-order chi connectivity index (χ0) is 10.7. The molecule has 14 heavy (non-hydrogen) atoms. The number of oxazole rings is 1. The van der Waals surface area contributed by atoms with Crippen LogP contribution in [0.5, 0.6) is 0 Å². The number of carbonyl (C=O) groups is 1. The van der Waals surface area contributed by atoms with Gasteiger partial charge in [-0.25, -0.2) is 4.98 Å². The number of hydrogen-bond acceptors (Lipinski definition) is 3. The fourth-order valence-corrected chi connectivity index (χ4v) is 1.13. The highest BCUT2D eigenvalue weighted by Gasteiger charge is 2.16. The lowest BCUT2D eigenvalue weighted by Crippen LogP contribution is -2.32. The Balaban J connectivity index is 2.74. The van der Waals surface area contributed by atoms with Crippen LogP contribution in [0, 0.1) is 13.8 Å². The molecule has 1 unspecified atom stereocenters. The van der Waals surface area contributed by atoms with Crippen LogP contribution in [0.4, 0.5) is 0 Å². The van der Waals surface area contributed by atoms with Gasteiger partial charge in [0.15, 0.2) is 5.89 Å². The van der Waals surface area contributed by atoms with Crippen molar-refractivity contribution in [1.82, 2.24) is 10.3 Å². The summed E-state index contributed by atoms with van der Waals surface area (Å²) in [6, 6.07) is 0.160. The van der Waals surface area contributed by atoms with E-state index in [1.54, 1.807) is 13.8 Å². The van der Waals surface area contributed by atoms with E-state index in [1.165, 1.54) is 0 Å². The molecule has 4 heteroatoms. The standard InChI is InChI=1S/C10H16N2O2/c1-5-6(2)11-10(13)9-7(3)12-8(4)14-9/h6H,5H2,1-4H3,(H,11,13). The predicted molar refractivity (Wildman–Crippen MR) is 53.2 cm³/mol. The van der Waals surface area contributed by atoms with Crippen molar-refractivity contribution in [3.8, 4) is 0 Å². The van der Waals surface area contributed by atoms with Gasteiger partial charge in [-0.05, 0) is 20.3 Å². The minimum Gasteiger partial charge on any atom is -0.436 e. The van der Waals surface area contributed by atoms with Gasteiger partial charge in [-0.15, -0.1) is 0 Å². The lowest BCUT2D eigenvalue weighted by molar-refractivity contribution is 0.0909. The molecule has 78 valence electrons. The van der Waals surface area contributed by atoms with E-state index in [-0.39, 0.29) is 11.9 Å². The number of hydrogen-bond donors (Lipinski definition) is 1. The minimum atomic E-state index is -0.183. The summed E-state index contributed by atoms with van der Waals surface area (Å²) in [5.41, 5.74) is 0.642. The number of carbonyl (C=O) groups excluding carboxylic acids is 1. The van der Waals surface area contributed by atoms with Crippen molar-refractivity contribution in [2.45, 2.75) is 40.2 Å². The van der Waals surface area contributed by atoms with Crippen molar-refractivity contribution >= 4 is 5.91 Å². The highest BCUT2D eigenvalue weighted by molar-refractivity contribution is 5.92. The second kappa shape index (κ2) is 4.26. The molecule has 0 saturated carbocycles. The van der Waals surface area contributed by atoms with Crippen molar-refractivity contribution in [1.29, 1.82) is 0 Å². The summed E-state index contributed by atoms with van der Waals surface area (Å²) in [6.07, 6.45) is 0.901. The number of aromatic nitrogens is 1. The molecule has 0 bridgehead atoms. The summed E-state index contributed by atoms with van der Waals surface area (Å²) in [5, 5.41) is 2.83. The van der Waals surface area contributed by atoms with E-state index in [4.69, 9.17) is 4.42 Å². The van der Waals surface area contributed by atoms with Gasteiger partial charge in [0.2, 0.25) is 5.76 Å². The SMILES string of the molecule is CCC(C)NC(=O)c1oc(C)nc1C. The van der Waals surface area contributed by atoms with E-state index in [1.807, 2.05) is 13.8 Å². The van der Waals surface area contributed by atoms with Gasteiger partial charge < -0.3 is 9.73 Å². The first-order valence-electron chi connectivity index (χ1n) is 4.79. The number of rotatable bonds is 3. The molecule has 1 N–H and O–H groups in total. The van der Waals surface area contributed by atoms with E-state index < -0.39 is 0 Å². The van der Waals surface area contributed by atoms with Crippen LogP contribution in [0.1, 0.15) is 42.4 Å². The summed E-state index contributed by atoms with van der Waals surface area (Å²) < 4.78 is 5.20. The second-order valence-electron chi connectivity index (χ2n) is 3.43. The van der Waals surface area contributed by atoms with Crippen molar-refractivity contribution in [2.75, 3.05) is 0 Å². The molecule has 1 aromatic heterocycles. The quantitative estimate of drug-likeness (QED) is 0.802. The topological polar surface area (TPSA) is 55.1 Å². The summed E-state index contributed by atoms with van der Waals surface area (Å²) in [7, 11) is 0. The van der Waals surface area contributed by atoms with Crippen LogP contribution >= 0.6 is 0 Å². The van der Waals surface area contributed by atoms with E-state index in [9.17, 15) is 4.79 Å². The summed E-state index contributed by atoms with van der Waals surface area (Å²) in [5.74, 6) is 0.664. The summed E-state index contributed by atoms with van der Waals surface area (Å²) in [6.45, 7) is 7.47. The number of nitrogens with zero attached hydrogens (tertiary/aromatic N) is 1. The van der Waals surface area contributed by atoms with E-state index in [0.29, 0.717) is 17.3 Å². The molecule has 1 amide bonds. The second-order valence-corrected chi connectivity index (χ2v) is 3.43. The van der Waals surface area contributed by atoms with E-state index in [0.717, 1.165) is 6.42 Å². The average molecular weight is 196 g/mol. The van der Waals surface area contributed by atoms with Gasteiger partial charge in [-0.1, -0.05) is 6.92 Å². The van der Waals surface area contributed by atoms with Crippen LogP contribution in [0.25, 0.3) is 0 Å². The van der Waals surface area contributed by atoms with Crippen LogP contribution in [-0.2, 0) is 0 Å². The van der Waals surface area contributed by atoms with Crippen molar-refractivity contribution in [3.05, 3.63) is 17.3 Å². The molecule has 0 radical (unpaired) electrons. The maximum Gasteiger partial charge on any atom is 0.289 e. The molecule has 4 nitrogen and oxygen atoms in total. The van der Waals surface area contributed by atoms with Crippen molar-refractivity contribution in [2.24, 2.45) is 0 Å². The molecular formula is C10H16N2O2. The first-order chi connectivity index (χ1) is 6.54. The molecule has 1 atom stereocenters. The molecule has 0 aliphatic carbocycles. The lowest BCUT2D eigenvalue weighted by Gasteiger charge is -2.09. The first kappa shape index (κ1) is 10.8. The van der Waals surface area contributed by atoms with Gasteiger partial charge in [0.25, 0.3) is 5.91 Å². The first-order valence-corrected chi connectivity index (χ1v) is 4.79. The van der Waals surface area contributed by atoms with Gasteiger partial charge in [0, 0.05) is 13.0 Å². The molecule has 0 aliphatic heterocycles. The summed E-state index contributed by atoms with van der Waals surface area (Å²) >= 11 is 0. The molecule has 0 aliphatic rings. The van der Waals surface area contributed by atoms with Crippen LogP contribution in [-0.4, -0.2) is 16.9 Å². The number of aryl methyl sites for hydroxylation is 2. The fraction of sp³-hybridized carbons (Fsp3) is 0.600. The maximum absolute atomic E-state index is 11.6. The smallest absolute Gasteiger partial charge is 0.289 e. The Bertz CT molecular complexity index is 331. The summed E-state index contributed by atoms with van der Waals surface area (Å²) in [4.78, 5) is 15.6. The third-order valence-corrected chi connectivity index (χ3v) is 2.10. The van der Waals surface area contributed by atoms with Crippen molar-refractivity contribution < 1.29 is 9.21 Å². The molecular weight excluding hydrogens is 180 g/mol. The molecule has 0 saturated heterocycles. The normalized spacial score (nSPS) is 12.6. The van der Waals surface area contributed by atoms with Crippen LogP contribution < -0.4 is 5.32 Å². The third-order valence-electron chi connectivity index (χ3n) is 2.10. The van der Waals surface area contributed by atoms with Crippen LogP contribution in [0.15, 0.2) is 4.42 Å². The Morgan fingerprint density at radius 1 is 1.57 bits per heavy atom. The van der Waals surface area contributed by atoms with Gasteiger partial charge in [0.05, 0.1) is 5.69 Å². The third kappa shape index (κ3) is 2.34. The Morgan fingerprint density at radius 2 is 2.21 bits per heavy atom. The van der Waals surface area contributed by atoms with Crippen LogP contribution in [0.2, 0.25) is 0 Å². The Kier molecular flexibility index (Phi) is 3.28. The monoisotopic (exact) mass is 196 g/mol. The average Bonchev–Trinajstić information content (AvgIpc) is 2.45. The Morgan fingerprint density at radius 3 is 2.64 bits per heavy atom. The minimum absolute atomic E-state index is 0.160. The zero-order valence-electron chi connectivity index (χ0n) is 9.05. The fourth-order valence-electron chi connectivity index (χ4n) is 1.13. The Labute approximate surface area is 83.7 Å². The lowest BCUT2D eigenvalue weighted by atomic mass is 10.2. The van der Waals surface area contributed by atoms with E-state index in [2.05, 4.69) is 10.3 Å². The molecule has 0 aromatic carbocycles. The predicted octanol–water partition coefficient (Wildman–Crippen LogP) is 1.82. The molecule has 1 heterocycles. The van der Waals surface area contributed by atoms with Gasteiger partial charge in [-0.2, -0.15) is 0 Å². The number of nitrogens with one attached hydrogen (secondary N) is 1.